The molecule has 0 unspecified atom stereocenters. The highest BCUT2D eigenvalue weighted by Crippen LogP contribution is 2.19. The van der Waals surface area contributed by atoms with Gasteiger partial charge in [0.15, 0.2) is 0 Å². The molecule has 2 rings (SSSR count). The first-order valence-corrected chi connectivity index (χ1v) is 9.58. The third kappa shape index (κ3) is 5.25. The van der Waals surface area contributed by atoms with Crippen LogP contribution in [0.4, 0.5) is 11.4 Å². The minimum Gasteiger partial charge on any atom is -0.326 e. The van der Waals surface area contributed by atoms with Crippen molar-refractivity contribution >= 4 is 38.9 Å². The third-order valence-corrected chi connectivity index (χ3v) is 4.80. The van der Waals surface area contributed by atoms with E-state index in [0.29, 0.717) is 16.4 Å². The lowest BCUT2D eigenvalue weighted by Gasteiger charge is -2.22. The first-order chi connectivity index (χ1) is 11.3. The summed E-state index contributed by atoms with van der Waals surface area (Å²) in [5.41, 5.74) is 2.15. The van der Waals surface area contributed by atoms with Crippen LogP contribution in [-0.2, 0) is 14.8 Å². The molecule has 0 aliphatic rings. The van der Waals surface area contributed by atoms with Crippen LogP contribution < -0.4 is 9.62 Å². The molecule has 0 atom stereocenters. The Hall–Kier alpha value is -2.05. The molecule has 7 heteroatoms. The Morgan fingerprint density at radius 2 is 1.83 bits per heavy atom. The molecule has 0 radical (unpaired) electrons. The van der Waals surface area contributed by atoms with Gasteiger partial charge in [0, 0.05) is 23.7 Å². The Kier molecular flexibility index (Phi) is 5.85. The summed E-state index contributed by atoms with van der Waals surface area (Å²) in [5, 5.41) is 3.22. The standard InChI is InChI=1S/C17H19ClN2O3S/c1-13-6-8-16(9-7-13)20(24(2,22)23)11-10-17(21)19-15-5-3-4-14(18)12-15/h3-9,12H,10-11H2,1-2H3,(H,19,21). The van der Waals surface area contributed by atoms with Crippen LogP contribution in [0.2, 0.25) is 5.02 Å². The van der Waals surface area contributed by atoms with E-state index in [1.807, 2.05) is 19.1 Å². The van der Waals surface area contributed by atoms with Crippen LogP contribution in [0.15, 0.2) is 48.5 Å². The highest BCUT2D eigenvalue weighted by atomic mass is 35.5. The number of sulfonamides is 1. The van der Waals surface area contributed by atoms with E-state index in [2.05, 4.69) is 5.32 Å². The van der Waals surface area contributed by atoms with Crippen LogP contribution in [-0.4, -0.2) is 27.1 Å². The maximum atomic E-state index is 12.1. The maximum absolute atomic E-state index is 12.1. The number of carbonyl (C=O) groups is 1. The summed E-state index contributed by atoms with van der Waals surface area (Å²) in [6.07, 6.45) is 1.16. The molecule has 5 nitrogen and oxygen atoms in total. The van der Waals surface area contributed by atoms with Gasteiger partial charge in [-0.1, -0.05) is 35.4 Å². The smallest absolute Gasteiger partial charge is 0.232 e. The molecule has 0 spiro atoms. The van der Waals surface area contributed by atoms with E-state index in [1.54, 1.807) is 36.4 Å². The van der Waals surface area contributed by atoms with Crippen molar-refractivity contribution in [1.82, 2.24) is 0 Å². The molecule has 0 aliphatic carbocycles. The van der Waals surface area contributed by atoms with Gasteiger partial charge in [-0.3, -0.25) is 9.10 Å². The van der Waals surface area contributed by atoms with E-state index in [4.69, 9.17) is 11.6 Å². The van der Waals surface area contributed by atoms with Crippen LogP contribution >= 0.6 is 11.6 Å². The average molecular weight is 367 g/mol. The van der Waals surface area contributed by atoms with Crippen LogP contribution in [0, 0.1) is 6.92 Å². The number of nitrogens with one attached hydrogen (secondary N) is 1. The molecule has 0 aliphatic heterocycles. The number of aryl methyl sites for hydroxylation is 1. The number of rotatable bonds is 6. The number of anilines is 2. The number of hydrogen-bond acceptors (Lipinski definition) is 3. The van der Waals surface area contributed by atoms with E-state index in [9.17, 15) is 13.2 Å². The number of carbonyl (C=O) groups excluding carboxylic acids is 1. The summed E-state index contributed by atoms with van der Waals surface area (Å²) in [5.74, 6) is -0.280. The second-order valence-electron chi connectivity index (χ2n) is 5.48. The molecule has 0 saturated carbocycles. The predicted octanol–water partition coefficient (Wildman–Crippen LogP) is 3.44. The lowest BCUT2D eigenvalue weighted by molar-refractivity contribution is -0.116. The quantitative estimate of drug-likeness (QED) is 0.851. The molecule has 0 fully saturated rings. The van der Waals surface area contributed by atoms with Gasteiger partial charge in [-0.05, 0) is 37.3 Å². The number of hydrogen-bond donors (Lipinski definition) is 1. The van der Waals surface area contributed by atoms with Crippen LogP contribution in [0.3, 0.4) is 0 Å². The molecule has 24 heavy (non-hydrogen) atoms. The van der Waals surface area contributed by atoms with Crippen molar-refractivity contribution in [3.8, 4) is 0 Å². The van der Waals surface area contributed by atoms with E-state index in [-0.39, 0.29) is 18.9 Å². The summed E-state index contributed by atoms with van der Waals surface area (Å²) in [6, 6.07) is 13.9. The van der Waals surface area contributed by atoms with E-state index < -0.39 is 10.0 Å². The van der Waals surface area contributed by atoms with Gasteiger partial charge in [-0.25, -0.2) is 8.42 Å². The second-order valence-corrected chi connectivity index (χ2v) is 7.82. The second kappa shape index (κ2) is 7.68. The summed E-state index contributed by atoms with van der Waals surface area (Å²) in [7, 11) is -3.47. The van der Waals surface area contributed by atoms with Crippen LogP contribution in [0.1, 0.15) is 12.0 Å². The van der Waals surface area contributed by atoms with E-state index in [1.165, 1.54) is 4.31 Å². The van der Waals surface area contributed by atoms with Crippen molar-refractivity contribution in [3.05, 3.63) is 59.1 Å². The van der Waals surface area contributed by atoms with E-state index >= 15 is 0 Å². The summed E-state index contributed by atoms with van der Waals surface area (Å²) >= 11 is 5.87. The third-order valence-electron chi connectivity index (χ3n) is 3.37. The molecular formula is C17H19ClN2O3S. The number of benzene rings is 2. The Bertz CT molecular complexity index is 820. The number of halogens is 1. The molecular weight excluding hydrogens is 348 g/mol. The molecule has 1 N–H and O–H groups in total. The molecule has 1 amide bonds. The van der Waals surface area contributed by atoms with Crippen molar-refractivity contribution in [2.24, 2.45) is 0 Å². The fraction of sp³-hybridized carbons (Fsp3) is 0.235. The van der Waals surface area contributed by atoms with Crippen molar-refractivity contribution in [1.29, 1.82) is 0 Å². The van der Waals surface area contributed by atoms with Gasteiger partial charge >= 0.3 is 0 Å². The molecule has 0 heterocycles. The first-order valence-electron chi connectivity index (χ1n) is 7.35. The lowest BCUT2D eigenvalue weighted by Crippen LogP contribution is -2.33. The van der Waals surface area contributed by atoms with Gasteiger partial charge in [-0.2, -0.15) is 0 Å². The molecule has 0 aromatic heterocycles. The van der Waals surface area contributed by atoms with Crippen LogP contribution in [0.25, 0.3) is 0 Å². The van der Waals surface area contributed by atoms with Crippen molar-refractivity contribution in [3.63, 3.8) is 0 Å². The fourth-order valence-corrected chi connectivity index (χ4v) is 3.31. The van der Waals surface area contributed by atoms with Gasteiger partial charge in [0.25, 0.3) is 0 Å². The lowest BCUT2D eigenvalue weighted by atomic mass is 10.2. The summed E-state index contributed by atoms with van der Waals surface area (Å²) < 4.78 is 25.2. The first kappa shape index (κ1) is 18.3. The molecule has 2 aromatic rings. The SMILES string of the molecule is Cc1ccc(N(CCC(=O)Nc2cccc(Cl)c2)S(C)(=O)=O)cc1. The maximum Gasteiger partial charge on any atom is 0.232 e. The predicted molar refractivity (Wildman–Crippen MR) is 98.1 cm³/mol. The fourth-order valence-electron chi connectivity index (χ4n) is 2.19. The average Bonchev–Trinajstić information content (AvgIpc) is 2.48. The molecule has 0 bridgehead atoms. The minimum atomic E-state index is -3.47. The molecule has 128 valence electrons. The molecule has 0 saturated heterocycles. The topological polar surface area (TPSA) is 66.5 Å². The zero-order valence-electron chi connectivity index (χ0n) is 13.5. The Labute approximate surface area is 147 Å². The highest BCUT2D eigenvalue weighted by molar-refractivity contribution is 7.92. The van der Waals surface area contributed by atoms with Crippen LogP contribution in [0.5, 0.6) is 0 Å². The zero-order chi connectivity index (χ0) is 17.7. The van der Waals surface area contributed by atoms with Crippen molar-refractivity contribution < 1.29 is 13.2 Å². The molecule has 2 aromatic carbocycles. The van der Waals surface area contributed by atoms with Gasteiger partial charge in [-0.15, -0.1) is 0 Å². The Balaban J connectivity index is 2.05. The minimum absolute atomic E-state index is 0.0352. The normalized spacial score (nSPS) is 11.1. The summed E-state index contributed by atoms with van der Waals surface area (Å²) in [6.45, 7) is 1.99. The van der Waals surface area contributed by atoms with Gasteiger partial charge < -0.3 is 5.32 Å². The Morgan fingerprint density at radius 3 is 2.42 bits per heavy atom. The summed E-state index contributed by atoms with van der Waals surface area (Å²) in [4.78, 5) is 12.1. The van der Waals surface area contributed by atoms with E-state index in [0.717, 1.165) is 11.8 Å². The zero-order valence-corrected chi connectivity index (χ0v) is 15.1. The van der Waals surface area contributed by atoms with Gasteiger partial charge in [0.1, 0.15) is 0 Å². The van der Waals surface area contributed by atoms with Gasteiger partial charge in [0.05, 0.1) is 11.9 Å². The highest BCUT2D eigenvalue weighted by Gasteiger charge is 2.18. The van der Waals surface area contributed by atoms with Gasteiger partial charge in [0.2, 0.25) is 15.9 Å². The monoisotopic (exact) mass is 366 g/mol. The largest absolute Gasteiger partial charge is 0.326 e. The van der Waals surface area contributed by atoms with Crippen molar-refractivity contribution in [2.75, 3.05) is 22.4 Å². The number of nitrogens with zero attached hydrogens (tertiary/aromatic N) is 1. The Morgan fingerprint density at radius 1 is 1.17 bits per heavy atom. The van der Waals surface area contributed by atoms with Crippen molar-refractivity contribution in [2.45, 2.75) is 13.3 Å². The number of amides is 1.